The van der Waals surface area contributed by atoms with Crippen LogP contribution in [-0.4, -0.2) is 43.3 Å². The number of piperazine rings is 1. The number of benzene rings is 1. The van der Waals surface area contributed by atoms with Crippen molar-refractivity contribution >= 4 is 0 Å². The number of hydrogen-bond donors (Lipinski definition) is 1. The molecule has 0 spiro atoms. The van der Waals surface area contributed by atoms with E-state index in [4.69, 9.17) is 4.74 Å². The number of rotatable bonds is 4. The summed E-state index contributed by atoms with van der Waals surface area (Å²) >= 11 is 0. The molecule has 1 N–H and O–H groups in total. The van der Waals surface area contributed by atoms with E-state index in [1.807, 2.05) is 0 Å². The van der Waals surface area contributed by atoms with E-state index in [0.29, 0.717) is 12.1 Å². The van der Waals surface area contributed by atoms with Gasteiger partial charge in [0, 0.05) is 32.3 Å². The van der Waals surface area contributed by atoms with Gasteiger partial charge in [-0.2, -0.15) is 0 Å². The molecule has 2 aliphatic heterocycles. The van der Waals surface area contributed by atoms with E-state index in [1.165, 1.54) is 24.8 Å². The summed E-state index contributed by atoms with van der Waals surface area (Å²) in [7, 11) is 0. The maximum Gasteiger partial charge on any atom is 0.0703 e. The summed E-state index contributed by atoms with van der Waals surface area (Å²) in [4.78, 5) is 2.66. The first-order valence-corrected chi connectivity index (χ1v) is 8.38. The first-order valence-electron chi connectivity index (χ1n) is 8.38. The Balaban J connectivity index is 1.81. The molecular formula is C18H28N2O. The molecule has 0 aliphatic carbocycles. The second kappa shape index (κ2) is 6.47. The van der Waals surface area contributed by atoms with Crippen molar-refractivity contribution in [3.05, 3.63) is 35.9 Å². The van der Waals surface area contributed by atoms with Gasteiger partial charge in [0.2, 0.25) is 0 Å². The molecule has 0 aromatic heterocycles. The van der Waals surface area contributed by atoms with Gasteiger partial charge in [0.25, 0.3) is 0 Å². The van der Waals surface area contributed by atoms with Crippen LogP contribution in [0.1, 0.15) is 38.7 Å². The summed E-state index contributed by atoms with van der Waals surface area (Å²) in [6.07, 6.45) is 4.04. The summed E-state index contributed by atoms with van der Waals surface area (Å²) in [5.41, 5.74) is 1.48. The molecule has 2 saturated heterocycles. The molecule has 2 fully saturated rings. The average Bonchev–Trinajstić information content (AvgIpc) is 3.03. The Labute approximate surface area is 128 Å². The molecule has 2 heterocycles. The van der Waals surface area contributed by atoms with Gasteiger partial charge in [0.05, 0.1) is 11.6 Å². The van der Waals surface area contributed by atoms with Crippen LogP contribution >= 0.6 is 0 Å². The van der Waals surface area contributed by atoms with Gasteiger partial charge in [-0.1, -0.05) is 37.3 Å². The quantitative estimate of drug-likeness (QED) is 0.922. The van der Waals surface area contributed by atoms with Crippen LogP contribution < -0.4 is 5.32 Å². The van der Waals surface area contributed by atoms with Crippen LogP contribution in [-0.2, 0) is 10.3 Å². The van der Waals surface area contributed by atoms with Crippen molar-refractivity contribution in [2.24, 2.45) is 0 Å². The lowest BCUT2D eigenvalue weighted by Crippen LogP contribution is -2.62. The fourth-order valence-corrected chi connectivity index (χ4v) is 3.65. The van der Waals surface area contributed by atoms with Gasteiger partial charge < -0.3 is 10.1 Å². The van der Waals surface area contributed by atoms with Crippen LogP contribution in [0, 0.1) is 0 Å². The Morgan fingerprint density at radius 2 is 2.14 bits per heavy atom. The fraction of sp³-hybridized carbons (Fsp3) is 0.667. The highest BCUT2D eigenvalue weighted by molar-refractivity contribution is 5.25. The third-order valence-electron chi connectivity index (χ3n) is 5.21. The van der Waals surface area contributed by atoms with Crippen molar-refractivity contribution in [1.29, 1.82) is 0 Å². The Morgan fingerprint density at radius 3 is 2.81 bits per heavy atom. The minimum atomic E-state index is 0.0683. The monoisotopic (exact) mass is 288 g/mol. The second-order valence-corrected chi connectivity index (χ2v) is 6.67. The van der Waals surface area contributed by atoms with Gasteiger partial charge in [0.15, 0.2) is 0 Å². The summed E-state index contributed by atoms with van der Waals surface area (Å²) < 4.78 is 5.89. The molecule has 1 aromatic rings. The highest BCUT2D eigenvalue weighted by Crippen LogP contribution is 2.32. The molecule has 0 amide bonds. The molecule has 1 aromatic carbocycles. The lowest BCUT2D eigenvalue weighted by Gasteiger charge is -2.49. The lowest BCUT2D eigenvalue weighted by atomic mass is 9.86. The Morgan fingerprint density at radius 1 is 1.33 bits per heavy atom. The predicted octanol–water partition coefficient (Wildman–Crippen LogP) is 2.76. The van der Waals surface area contributed by atoms with Gasteiger partial charge in [-0.3, -0.25) is 4.90 Å². The van der Waals surface area contributed by atoms with E-state index in [-0.39, 0.29) is 5.54 Å². The predicted molar refractivity (Wildman–Crippen MR) is 86.4 cm³/mol. The van der Waals surface area contributed by atoms with Crippen molar-refractivity contribution in [2.45, 2.75) is 50.8 Å². The van der Waals surface area contributed by atoms with Crippen LogP contribution in [0.15, 0.2) is 30.3 Å². The molecule has 0 saturated carbocycles. The van der Waals surface area contributed by atoms with E-state index < -0.39 is 0 Å². The van der Waals surface area contributed by atoms with Crippen molar-refractivity contribution in [3.63, 3.8) is 0 Å². The van der Waals surface area contributed by atoms with Crippen LogP contribution in [0.5, 0.6) is 0 Å². The zero-order valence-corrected chi connectivity index (χ0v) is 13.3. The van der Waals surface area contributed by atoms with Gasteiger partial charge in [0.1, 0.15) is 0 Å². The standard InChI is InChI=1S/C18H28N2O/c1-3-16-12-20(13-17-10-7-11-21-17)18(2,14-19-16)15-8-5-4-6-9-15/h4-6,8-9,16-17,19H,3,7,10-14H2,1-2H3. The maximum absolute atomic E-state index is 5.89. The highest BCUT2D eigenvalue weighted by atomic mass is 16.5. The van der Waals surface area contributed by atoms with Crippen molar-refractivity contribution < 1.29 is 4.74 Å². The molecule has 21 heavy (non-hydrogen) atoms. The van der Waals surface area contributed by atoms with Crippen molar-refractivity contribution in [2.75, 3.05) is 26.2 Å². The summed E-state index contributed by atoms with van der Waals surface area (Å²) in [6, 6.07) is 11.5. The number of nitrogens with one attached hydrogen (secondary N) is 1. The third kappa shape index (κ3) is 3.15. The van der Waals surface area contributed by atoms with Crippen LogP contribution in [0.3, 0.4) is 0 Å². The molecular weight excluding hydrogens is 260 g/mol. The second-order valence-electron chi connectivity index (χ2n) is 6.67. The SMILES string of the molecule is CCC1CN(CC2CCCO2)C(C)(c2ccccc2)CN1. The van der Waals surface area contributed by atoms with E-state index in [1.54, 1.807) is 0 Å². The third-order valence-corrected chi connectivity index (χ3v) is 5.21. The first kappa shape index (κ1) is 15.0. The van der Waals surface area contributed by atoms with Gasteiger partial charge in [-0.15, -0.1) is 0 Å². The van der Waals surface area contributed by atoms with Gasteiger partial charge in [-0.25, -0.2) is 0 Å². The largest absolute Gasteiger partial charge is 0.377 e. The molecule has 2 aliphatic rings. The number of nitrogens with zero attached hydrogens (tertiary/aromatic N) is 1. The Hall–Kier alpha value is -0.900. The summed E-state index contributed by atoms with van der Waals surface area (Å²) in [6.45, 7) is 8.77. The average molecular weight is 288 g/mol. The zero-order chi connectivity index (χ0) is 14.7. The molecule has 3 heteroatoms. The normalized spacial score (nSPS) is 34.2. The smallest absolute Gasteiger partial charge is 0.0703 e. The topological polar surface area (TPSA) is 24.5 Å². The number of ether oxygens (including phenoxy) is 1. The van der Waals surface area contributed by atoms with Crippen molar-refractivity contribution in [1.82, 2.24) is 10.2 Å². The minimum Gasteiger partial charge on any atom is -0.377 e. The lowest BCUT2D eigenvalue weighted by molar-refractivity contribution is -0.00298. The molecule has 0 bridgehead atoms. The number of hydrogen-bond acceptors (Lipinski definition) is 3. The molecule has 116 valence electrons. The first-order chi connectivity index (χ1) is 10.2. The maximum atomic E-state index is 5.89. The molecule has 3 unspecified atom stereocenters. The molecule has 3 rings (SSSR count). The summed E-state index contributed by atoms with van der Waals surface area (Å²) in [5, 5.41) is 3.73. The molecule has 3 nitrogen and oxygen atoms in total. The summed E-state index contributed by atoms with van der Waals surface area (Å²) in [5.74, 6) is 0. The van der Waals surface area contributed by atoms with E-state index in [2.05, 4.69) is 54.4 Å². The molecule has 3 atom stereocenters. The minimum absolute atomic E-state index is 0.0683. The van der Waals surface area contributed by atoms with Crippen molar-refractivity contribution in [3.8, 4) is 0 Å². The van der Waals surface area contributed by atoms with Crippen LogP contribution in [0.2, 0.25) is 0 Å². The fourth-order valence-electron chi connectivity index (χ4n) is 3.65. The molecule has 0 radical (unpaired) electrons. The van der Waals surface area contributed by atoms with Gasteiger partial charge >= 0.3 is 0 Å². The Kier molecular flexibility index (Phi) is 4.63. The Bertz CT molecular complexity index is 444. The van der Waals surface area contributed by atoms with Crippen LogP contribution in [0.4, 0.5) is 0 Å². The van der Waals surface area contributed by atoms with E-state index >= 15 is 0 Å². The van der Waals surface area contributed by atoms with E-state index in [0.717, 1.165) is 26.2 Å². The van der Waals surface area contributed by atoms with Crippen LogP contribution in [0.25, 0.3) is 0 Å². The van der Waals surface area contributed by atoms with E-state index in [9.17, 15) is 0 Å². The highest BCUT2D eigenvalue weighted by Gasteiger charge is 2.39. The zero-order valence-electron chi connectivity index (χ0n) is 13.3. The van der Waals surface area contributed by atoms with Gasteiger partial charge in [-0.05, 0) is 31.7 Å².